The van der Waals surface area contributed by atoms with Crippen molar-refractivity contribution in [2.45, 2.75) is 0 Å². The van der Waals surface area contributed by atoms with Gasteiger partial charge in [0, 0.05) is 6.07 Å². The number of nitro groups is 1. The summed E-state index contributed by atoms with van der Waals surface area (Å²) in [5, 5.41) is 11.0. The molecule has 92 valence electrons. The Bertz CT molecular complexity index is 581. The molecule has 0 atom stereocenters. The lowest BCUT2D eigenvalue weighted by molar-refractivity contribution is -0.384. The molecule has 0 unspecified atom stereocenters. The first kappa shape index (κ1) is 12.0. The minimum absolute atomic E-state index is 0.0394. The van der Waals surface area contributed by atoms with Crippen molar-refractivity contribution in [2.75, 3.05) is 7.11 Å². The summed E-state index contributed by atoms with van der Waals surface area (Å²) >= 11 is 0. The van der Waals surface area contributed by atoms with Gasteiger partial charge in [-0.15, -0.1) is 0 Å². The number of hydrogen-bond donors (Lipinski definition) is 0. The molecule has 0 fully saturated rings. The maximum absolute atomic E-state index is 12.8. The smallest absolute Gasteiger partial charge is 0.277 e. The van der Waals surface area contributed by atoms with Gasteiger partial charge in [0.2, 0.25) is 0 Å². The maximum Gasteiger partial charge on any atom is 0.277 e. The number of ether oxygens (including phenoxy) is 1. The van der Waals surface area contributed by atoms with Crippen molar-refractivity contribution in [3.8, 4) is 16.9 Å². The Balaban J connectivity index is 2.59. The zero-order chi connectivity index (χ0) is 13.1. The average Bonchev–Trinajstić information content (AvgIpc) is 2.38. The van der Waals surface area contributed by atoms with Gasteiger partial charge in [0.05, 0.1) is 17.6 Å². The van der Waals surface area contributed by atoms with Crippen LogP contribution in [-0.2, 0) is 0 Å². The molecular weight excluding hydrogens is 237 g/mol. The monoisotopic (exact) mass is 247 g/mol. The molecule has 0 aliphatic rings. The Labute approximate surface area is 103 Å². The van der Waals surface area contributed by atoms with E-state index in [9.17, 15) is 14.5 Å². The topological polar surface area (TPSA) is 52.4 Å². The van der Waals surface area contributed by atoms with Gasteiger partial charge in [-0.1, -0.05) is 12.1 Å². The summed E-state index contributed by atoms with van der Waals surface area (Å²) in [6.45, 7) is 0. The van der Waals surface area contributed by atoms with Gasteiger partial charge in [0.1, 0.15) is 11.6 Å². The highest BCUT2D eigenvalue weighted by atomic mass is 19.1. The molecule has 2 rings (SSSR count). The Morgan fingerprint density at radius 2 is 1.83 bits per heavy atom. The first-order valence-electron chi connectivity index (χ1n) is 5.20. The van der Waals surface area contributed by atoms with Gasteiger partial charge in [-0.3, -0.25) is 10.1 Å². The molecule has 2 aromatic rings. The fraction of sp³-hybridized carbons (Fsp3) is 0.0769. The Morgan fingerprint density at radius 1 is 1.17 bits per heavy atom. The van der Waals surface area contributed by atoms with Crippen molar-refractivity contribution in [3.05, 3.63) is 58.4 Å². The van der Waals surface area contributed by atoms with Crippen LogP contribution < -0.4 is 4.74 Å². The Hall–Kier alpha value is -2.43. The van der Waals surface area contributed by atoms with Crippen molar-refractivity contribution in [1.29, 1.82) is 0 Å². The van der Waals surface area contributed by atoms with Crippen LogP contribution >= 0.6 is 0 Å². The molecule has 0 saturated carbocycles. The Morgan fingerprint density at radius 3 is 2.39 bits per heavy atom. The molecule has 18 heavy (non-hydrogen) atoms. The second kappa shape index (κ2) is 4.83. The van der Waals surface area contributed by atoms with Crippen molar-refractivity contribution in [2.24, 2.45) is 0 Å². The number of halogens is 1. The molecule has 0 heterocycles. The van der Waals surface area contributed by atoms with E-state index in [0.717, 1.165) is 0 Å². The van der Waals surface area contributed by atoms with Crippen LogP contribution in [0.5, 0.6) is 5.75 Å². The van der Waals surface area contributed by atoms with Crippen molar-refractivity contribution < 1.29 is 14.1 Å². The molecule has 5 heteroatoms. The fourth-order valence-electron chi connectivity index (χ4n) is 1.66. The summed E-state index contributed by atoms with van der Waals surface area (Å²) < 4.78 is 17.9. The van der Waals surface area contributed by atoms with Gasteiger partial charge in [-0.05, 0) is 29.8 Å². The van der Waals surface area contributed by atoms with Crippen LogP contribution in [0.4, 0.5) is 10.1 Å². The standard InChI is InChI=1S/C13H10FNO3/c1-18-11-6-7-13(15(16)17)12(8-11)9-2-4-10(14)5-3-9/h2-8H,1H3. The van der Waals surface area contributed by atoms with E-state index in [0.29, 0.717) is 16.9 Å². The molecule has 0 aromatic heterocycles. The second-order valence-corrected chi connectivity index (χ2v) is 3.65. The number of benzene rings is 2. The lowest BCUT2D eigenvalue weighted by atomic mass is 10.0. The van der Waals surface area contributed by atoms with Gasteiger partial charge in [-0.2, -0.15) is 0 Å². The number of methoxy groups -OCH3 is 1. The second-order valence-electron chi connectivity index (χ2n) is 3.65. The molecule has 0 spiro atoms. The third-order valence-corrected chi connectivity index (χ3v) is 2.56. The summed E-state index contributed by atoms with van der Waals surface area (Å²) in [5.41, 5.74) is 0.934. The van der Waals surface area contributed by atoms with Crippen LogP contribution in [0.1, 0.15) is 0 Å². The van der Waals surface area contributed by atoms with E-state index in [4.69, 9.17) is 4.74 Å². The van der Waals surface area contributed by atoms with Crippen LogP contribution in [-0.4, -0.2) is 12.0 Å². The Kier molecular flexibility index (Phi) is 3.23. The number of nitro benzene ring substituents is 1. The molecule has 4 nitrogen and oxygen atoms in total. The maximum atomic E-state index is 12.8. The van der Waals surface area contributed by atoms with E-state index in [1.807, 2.05) is 0 Å². The van der Waals surface area contributed by atoms with Crippen LogP contribution in [0.15, 0.2) is 42.5 Å². The zero-order valence-corrected chi connectivity index (χ0v) is 9.59. The van der Waals surface area contributed by atoms with Crippen LogP contribution in [0.25, 0.3) is 11.1 Å². The summed E-state index contributed by atoms with van der Waals surface area (Å²) in [4.78, 5) is 10.5. The van der Waals surface area contributed by atoms with E-state index < -0.39 is 4.92 Å². The van der Waals surface area contributed by atoms with Gasteiger partial charge in [0.25, 0.3) is 5.69 Å². The largest absolute Gasteiger partial charge is 0.497 e. The molecular formula is C13H10FNO3. The van der Waals surface area contributed by atoms with E-state index in [1.54, 1.807) is 6.07 Å². The molecule has 0 aliphatic heterocycles. The molecule has 0 saturated heterocycles. The fourth-order valence-corrected chi connectivity index (χ4v) is 1.66. The number of rotatable bonds is 3. The van der Waals surface area contributed by atoms with E-state index >= 15 is 0 Å². The first-order chi connectivity index (χ1) is 8.61. The number of hydrogen-bond acceptors (Lipinski definition) is 3. The third kappa shape index (κ3) is 2.29. The highest BCUT2D eigenvalue weighted by Gasteiger charge is 2.16. The average molecular weight is 247 g/mol. The van der Waals surface area contributed by atoms with Crippen molar-refractivity contribution in [1.82, 2.24) is 0 Å². The predicted molar refractivity (Wildman–Crippen MR) is 65.0 cm³/mol. The molecule has 0 aliphatic carbocycles. The molecule has 0 bridgehead atoms. The zero-order valence-electron chi connectivity index (χ0n) is 9.59. The van der Waals surface area contributed by atoms with Gasteiger partial charge in [-0.25, -0.2) is 4.39 Å². The predicted octanol–water partition coefficient (Wildman–Crippen LogP) is 3.41. The SMILES string of the molecule is COc1ccc([N+](=O)[O-])c(-c2ccc(F)cc2)c1. The van der Waals surface area contributed by atoms with Crippen LogP contribution in [0.3, 0.4) is 0 Å². The van der Waals surface area contributed by atoms with Crippen molar-refractivity contribution in [3.63, 3.8) is 0 Å². The first-order valence-corrected chi connectivity index (χ1v) is 5.20. The summed E-state index contributed by atoms with van der Waals surface area (Å²) in [7, 11) is 1.48. The molecule has 2 aromatic carbocycles. The highest BCUT2D eigenvalue weighted by molar-refractivity contribution is 5.74. The van der Waals surface area contributed by atoms with Crippen molar-refractivity contribution >= 4 is 5.69 Å². The minimum Gasteiger partial charge on any atom is -0.497 e. The minimum atomic E-state index is -0.474. The third-order valence-electron chi connectivity index (χ3n) is 2.56. The number of nitrogens with zero attached hydrogens (tertiary/aromatic N) is 1. The van der Waals surface area contributed by atoms with E-state index in [-0.39, 0.29) is 11.5 Å². The quantitative estimate of drug-likeness (QED) is 0.617. The van der Waals surface area contributed by atoms with E-state index in [1.165, 1.54) is 43.5 Å². The van der Waals surface area contributed by atoms with Crippen LogP contribution in [0, 0.1) is 15.9 Å². The van der Waals surface area contributed by atoms with Gasteiger partial charge >= 0.3 is 0 Å². The van der Waals surface area contributed by atoms with E-state index in [2.05, 4.69) is 0 Å². The summed E-state index contributed by atoms with van der Waals surface area (Å²) in [6.07, 6.45) is 0. The van der Waals surface area contributed by atoms with Crippen LogP contribution in [0.2, 0.25) is 0 Å². The summed E-state index contributed by atoms with van der Waals surface area (Å²) in [5.74, 6) is 0.129. The van der Waals surface area contributed by atoms with Gasteiger partial charge in [0.15, 0.2) is 0 Å². The molecule has 0 N–H and O–H groups in total. The normalized spacial score (nSPS) is 10.1. The lowest BCUT2D eigenvalue weighted by Crippen LogP contribution is -1.93. The van der Waals surface area contributed by atoms with Gasteiger partial charge < -0.3 is 4.74 Å². The lowest BCUT2D eigenvalue weighted by Gasteiger charge is -2.06. The highest BCUT2D eigenvalue weighted by Crippen LogP contribution is 2.33. The molecule has 0 radical (unpaired) electrons. The summed E-state index contributed by atoms with van der Waals surface area (Å²) in [6, 6.07) is 9.97. The molecule has 0 amide bonds.